The maximum atomic E-state index is 13.3. The average molecular weight is 493 g/mol. The lowest BCUT2D eigenvalue weighted by atomic mass is 10.2. The van der Waals surface area contributed by atoms with E-state index in [-0.39, 0.29) is 28.5 Å². The summed E-state index contributed by atoms with van der Waals surface area (Å²) in [5, 5.41) is 3.24. The van der Waals surface area contributed by atoms with Gasteiger partial charge in [-0.25, -0.2) is 13.4 Å². The Bertz CT molecular complexity index is 1300. The van der Waals surface area contributed by atoms with Gasteiger partial charge in [0, 0.05) is 12.7 Å². The molecule has 0 aromatic carbocycles. The summed E-state index contributed by atoms with van der Waals surface area (Å²) >= 11 is 6.47. The zero-order valence-corrected chi connectivity index (χ0v) is 20.3. The Kier molecular flexibility index (Phi) is 6.42. The molecule has 0 bridgehead atoms. The van der Waals surface area contributed by atoms with Crippen LogP contribution in [0, 0.1) is 6.92 Å². The maximum Gasteiger partial charge on any atom is 0.267 e. The zero-order valence-electron chi connectivity index (χ0n) is 17.8. The van der Waals surface area contributed by atoms with Crippen molar-refractivity contribution in [1.29, 1.82) is 0 Å². The molecule has 4 rings (SSSR count). The van der Waals surface area contributed by atoms with Gasteiger partial charge in [0.1, 0.15) is 15.8 Å². The molecule has 2 aromatic heterocycles. The summed E-state index contributed by atoms with van der Waals surface area (Å²) in [4.78, 5) is 32.8. The molecule has 0 radical (unpaired) electrons. The molecule has 2 aromatic rings. The van der Waals surface area contributed by atoms with Gasteiger partial charge < -0.3 is 5.32 Å². The van der Waals surface area contributed by atoms with Crippen LogP contribution in [-0.2, 0) is 14.6 Å². The molecule has 2 aliphatic rings. The fourth-order valence-electron chi connectivity index (χ4n) is 3.86. The van der Waals surface area contributed by atoms with Gasteiger partial charge in [-0.2, -0.15) is 0 Å². The van der Waals surface area contributed by atoms with E-state index in [1.165, 1.54) is 15.4 Å². The summed E-state index contributed by atoms with van der Waals surface area (Å²) < 4.78 is 25.6. The predicted octanol–water partition coefficient (Wildman–Crippen LogP) is 2.60. The second-order valence-electron chi connectivity index (χ2n) is 7.95. The molecule has 11 heteroatoms. The van der Waals surface area contributed by atoms with Gasteiger partial charge in [0.25, 0.3) is 11.5 Å². The van der Waals surface area contributed by atoms with Crippen LogP contribution in [0.25, 0.3) is 11.7 Å². The Morgan fingerprint density at radius 3 is 2.84 bits per heavy atom. The molecule has 2 saturated heterocycles. The third kappa shape index (κ3) is 4.33. The number of fused-ring (bicyclic) bond motifs is 1. The van der Waals surface area contributed by atoms with E-state index in [0.29, 0.717) is 33.7 Å². The van der Waals surface area contributed by atoms with Crippen molar-refractivity contribution >= 4 is 61.6 Å². The number of rotatable bonds is 6. The van der Waals surface area contributed by atoms with Gasteiger partial charge in [0.15, 0.2) is 9.84 Å². The van der Waals surface area contributed by atoms with Gasteiger partial charge in [0.2, 0.25) is 0 Å². The number of carbonyl (C=O) groups excluding carboxylic acids is 1. The standard InChI is InChI=1S/C21H24N4O4S3/c1-3-4-8-22-17-15(19(26)24-9-5-6-13(2)18(24)23-17)11-16-20(27)25(21(30)31-16)14-7-10-32(28,29)12-14/h5-6,9,11,14,22H,3-4,7-8,10,12H2,1-2H3. The molecule has 8 nitrogen and oxygen atoms in total. The summed E-state index contributed by atoms with van der Waals surface area (Å²) in [5.74, 6) is 0.0201. The van der Waals surface area contributed by atoms with E-state index in [1.54, 1.807) is 12.3 Å². The summed E-state index contributed by atoms with van der Waals surface area (Å²) in [7, 11) is -3.17. The molecular formula is C21H24N4O4S3. The number of pyridine rings is 1. The number of nitrogens with one attached hydrogen (secondary N) is 1. The summed E-state index contributed by atoms with van der Waals surface area (Å²) in [6, 6.07) is 3.20. The molecular weight excluding hydrogens is 468 g/mol. The lowest BCUT2D eigenvalue weighted by Gasteiger charge is -2.20. The van der Waals surface area contributed by atoms with Crippen LogP contribution < -0.4 is 10.9 Å². The molecule has 0 aliphatic carbocycles. The van der Waals surface area contributed by atoms with Gasteiger partial charge in [-0.05, 0) is 37.5 Å². The molecule has 1 amide bonds. The van der Waals surface area contributed by atoms with E-state index in [1.807, 2.05) is 13.0 Å². The third-order valence-corrected chi connectivity index (χ3v) is 8.66. The smallest absolute Gasteiger partial charge is 0.267 e. The average Bonchev–Trinajstić information content (AvgIpc) is 3.23. The van der Waals surface area contributed by atoms with Crippen molar-refractivity contribution < 1.29 is 13.2 Å². The highest BCUT2D eigenvalue weighted by Crippen LogP contribution is 2.36. The number of aryl methyl sites for hydroxylation is 1. The Labute approximate surface area is 196 Å². The number of thioether (sulfide) groups is 1. The summed E-state index contributed by atoms with van der Waals surface area (Å²) in [6.45, 7) is 4.61. The molecule has 2 fully saturated rings. The Morgan fingerprint density at radius 1 is 1.38 bits per heavy atom. The predicted molar refractivity (Wildman–Crippen MR) is 132 cm³/mol. The number of thiocarbonyl (C=S) groups is 1. The monoisotopic (exact) mass is 492 g/mol. The van der Waals surface area contributed by atoms with Crippen molar-refractivity contribution in [1.82, 2.24) is 14.3 Å². The molecule has 2 aliphatic heterocycles. The third-order valence-electron chi connectivity index (χ3n) is 5.58. The van der Waals surface area contributed by atoms with Crippen LogP contribution >= 0.6 is 24.0 Å². The fraction of sp³-hybridized carbons (Fsp3) is 0.429. The van der Waals surface area contributed by atoms with E-state index in [9.17, 15) is 18.0 Å². The first kappa shape index (κ1) is 22.9. The van der Waals surface area contributed by atoms with Crippen LogP contribution in [0.4, 0.5) is 5.82 Å². The summed E-state index contributed by atoms with van der Waals surface area (Å²) in [5.41, 5.74) is 1.41. The van der Waals surface area contributed by atoms with E-state index >= 15 is 0 Å². The van der Waals surface area contributed by atoms with E-state index in [4.69, 9.17) is 12.2 Å². The van der Waals surface area contributed by atoms with E-state index in [2.05, 4.69) is 17.2 Å². The number of anilines is 1. The highest BCUT2D eigenvalue weighted by Gasteiger charge is 2.42. The summed E-state index contributed by atoms with van der Waals surface area (Å²) in [6.07, 6.45) is 5.44. The molecule has 1 N–H and O–H groups in total. The van der Waals surface area contributed by atoms with Crippen molar-refractivity contribution in [3.63, 3.8) is 0 Å². The molecule has 1 atom stereocenters. The minimum atomic E-state index is -3.17. The van der Waals surface area contributed by atoms with Crippen molar-refractivity contribution in [2.45, 2.75) is 39.2 Å². The number of aromatic nitrogens is 2. The number of hydrogen-bond acceptors (Lipinski definition) is 8. The maximum absolute atomic E-state index is 13.3. The first-order valence-corrected chi connectivity index (χ1v) is 13.5. The van der Waals surface area contributed by atoms with Gasteiger partial charge in [-0.1, -0.05) is 43.4 Å². The minimum absolute atomic E-state index is 0.0502. The number of carbonyl (C=O) groups is 1. The quantitative estimate of drug-likeness (QED) is 0.373. The van der Waals surface area contributed by atoms with Gasteiger partial charge >= 0.3 is 0 Å². The molecule has 32 heavy (non-hydrogen) atoms. The Morgan fingerprint density at radius 2 is 2.16 bits per heavy atom. The lowest BCUT2D eigenvalue weighted by Crippen LogP contribution is -2.39. The highest BCUT2D eigenvalue weighted by atomic mass is 32.2. The number of amides is 1. The van der Waals surface area contributed by atoms with Crippen molar-refractivity contribution in [3.8, 4) is 0 Å². The van der Waals surface area contributed by atoms with Gasteiger partial charge in [-0.15, -0.1) is 0 Å². The van der Waals surface area contributed by atoms with Crippen LogP contribution in [0.2, 0.25) is 0 Å². The van der Waals surface area contributed by atoms with Gasteiger partial charge in [0.05, 0.1) is 28.0 Å². The lowest BCUT2D eigenvalue weighted by molar-refractivity contribution is -0.123. The van der Waals surface area contributed by atoms with Crippen LogP contribution in [0.3, 0.4) is 0 Å². The second-order valence-corrected chi connectivity index (χ2v) is 11.9. The fourth-order valence-corrected chi connectivity index (χ4v) is 6.95. The molecule has 0 spiro atoms. The highest BCUT2D eigenvalue weighted by molar-refractivity contribution is 8.26. The normalized spacial score (nSPS) is 21.8. The van der Waals surface area contributed by atoms with Crippen LogP contribution in [0.5, 0.6) is 0 Å². The first-order valence-electron chi connectivity index (χ1n) is 10.4. The van der Waals surface area contributed by atoms with Crippen molar-refractivity contribution in [3.05, 3.63) is 44.7 Å². The number of unbranched alkanes of at least 4 members (excludes halogenated alkanes) is 1. The molecule has 1 unspecified atom stereocenters. The first-order chi connectivity index (χ1) is 15.2. The number of hydrogen-bond donors (Lipinski definition) is 1. The topological polar surface area (TPSA) is 101 Å². The Hall–Kier alpha value is -2.24. The second kappa shape index (κ2) is 8.95. The zero-order chi connectivity index (χ0) is 23.0. The van der Waals surface area contributed by atoms with Crippen molar-refractivity contribution in [2.24, 2.45) is 0 Å². The minimum Gasteiger partial charge on any atom is -0.369 e. The molecule has 170 valence electrons. The molecule has 4 heterocycles. The van der Waals surface area contributed by atoms with Crippen LogP contribution in [-0.4, -0.2) is 57.0 Å². The SMILES string of the molecule is CCCCNc1nc2c(C)cccn2c(=O)c1C=C1SC(=S)N(C2CCS(=O)(=O)C2)C1=O. The molecule has 0 saturated carbocycles. The largest absolute Gasteiger partial charge is 0.369 e. The van der Waals surface area contributed by atoms with Crippen LogP contribution in [0.1, 0.15) is 37.3 Å². The van der Waals surface area contributed by atoms with Crippen LogP contribution in [0.15, 0.2) is 28.0 Å². The van der Waals surface area contributed by atoms with E-state index < -0.39 is 15.9 Å². The van der Waals surface area contributed by atoms with E-state index in [0.717, 1.165) is 30.2 Å². The number of nitrogens with zero attached hydrogens (tertiary/aromatic N) is 3. The Balaban J connectivity index is 1.76. The van der Waals surface area contributed by atoms with Gasteiger partial charge in [-0.3, -0.25) is 18.9 Å². The van der Waals surface area contributed by atoms with Crippen molar-refractivity contribution in [2.75, 3.05) is 23.4 Å². The number of sulfone groups is 1.